The molecule has 0 atom stereocenters. The molecule has 0 unspecified atom stereocenters. The summed E-state index contributed by atoms with van der Waals surface area (Å²) in [5, 5.41) is 8.82. The smallest absolute Gasteiger partial charge is 0.0964 e. The summed E-state index contributed by atoms with van der Waals surface area (Å²) in [5.41, 5.74) is 1.32. The van der Waals surface area contributed by atoms with E-state index in [9.17, 15) is 0 Å². The van der Waals surface area contributed by atoms with Crippen molar-refractivity contribution in [3.05, 3.63) is 21.9 Å². The summed E-state index contributed by atoms with van der Waals surface area (Å²) in [5.74, 6) is 0. The second-order valence-electron chi connectivity index (χ2n) is 4.12. The maximum absolute atomic E-state index is 4.53. The zero-order valence-electron chi connectivity index (χ0n) is 9.36. The van der Waals surface area contributed by atoms with Crippen LogP contribution in [0.1, 0.15) is 10.4 Å². The lowest BCUT2D eigenvalue weighted by molar-refractivity contribution is -0.884. The Balaban J connectivity index is 1.92. The molecule has 82 valence electrons. The summed E-state index contributed by atoms with van der Waals surface area (Å²) in [6.07, 6.45) is 2.00. The molecule has 1 saturated heterocycles. The summed E-state index contributed by atoms with van der Waals surface area (Å²) in [7, 11) is 2.24. The van der Waals surface area contributed by atoms with E-state index in [-0.39, 0.29) is 0 Å². The first-order valence-corrected chi connectivity index (χ1v) is 6.28. The molecule has 1 aliphatic rings. The van der Waals surface area contributed by atoms with Crippen molar-refractivity contribution in [1.82, 2.24) is 5.01 Å². The van der Waals surface area contributed by atoms with Crippen molar-refractivity contribution in [3.8, 4) is 0 Å². The number of rotatable bonds is 2. The summed E-state index contributed by atoms with van der Waals surface area (Å²) < 4.78 is 0. The fourth-order valence-electron chi connectivity index (χ4n) is 1.64. The van der Waals surface area contributed by atoms with E-state index in [0.29, 0.717) is 0 Å². The molecule has 2 heterocycles. The maximum atomic E-state index is 4.53. The normalized spacial score (nSPS) is 18.9. The largest absolute Gasteiger partial charge is 0.334 e. The topological polar surface area (TPSA) is 20.0 Å². The van der Waals surface area contributed by atoms with Crippen LogP contribution in [0.4, 0.5) is 0 Å². The number of aryl methyl sites for hydroxylation is 1. The molecule has 0 saturated carbocycles. The number of hydrogen-bond donors (Lipinski definition) is 1. The quantitative estimate of drug-likeness (QED) is 0.713. The van der Waals surface area contributed by atoms with Gasteiger partial charge >= 0.3 is 0 Å². The molecule has 1 fully saturated rings. The summed E-state index contributed by atoms with van der Waals surface area (Å²) >= 11 is 1.76. The molecule has 0 aromatic carbocycles. The van der Waals surface area contributed by atoms with Crippen molar-refractivity contribution in [3.63, 3.8) is 0 Å². The number of nitrogens with zero attached hydrogens (tertiary/aromatic N) is 2. The number of thiophene rings is 1. The van der Waals surface area contributed by atoms with Crippen LogP contribution in [0, 0.1) is 6.92 Å². The molecule has 0 spiro atoms. The average molecular weight is 224 g/mol. The van der Waals surface area contributed by atoms with Crippen molar-refractivity contribution in [1.29, 1.82) is 0 Å². The predicted octanol–water partition coefficient (Wildman–Crippen LogP) is 0.221. The SMILES string of the molecule is Cc1ccsc1/C=N\N1CC[NH+](C)CC1. The number of piperazine rings is 1. The molecule has 1 aromatic heterocycles. The Morgan fingerprint density at radius 1 is 1.47 bits per heavy atom. The lowest BCUT2D eigenvalue weighted by Crippen LogP contribution is -3.11. The van der Waals surface area contributed by atoms with E-state index < -0.39 is 0 Å². The van der Waals surface area contributed by atoms with Crippen LogP contribution in [0.2, 0.25) is 0 Å². The molecule has 15 heavy (non-hydrogen) atoms. The van der Waals surface area contributed by atoms with Gasteiger partial charge in [0, 0.05) is 4.88 Å². The molecular weight excluding hydrogens is 206 g/mol. The third kappa shape index (κ3) is 2.79. The van der Waals surface area contributed by atoms with Gasteiger partial charge in [-0.1, -0.05) is 0 Å². The Bertz CT molecular complexity index is 337. The van der Waals surface area contributed by atoms with Crippen LogP contribution in [0.15, 0.2) is 16.5 Å². The Hall–Kier alpha value is -0.870. The summed E-state index contributed by atoms with van der Waals surface area (Å²) in [6.45, 7) is 6.67. The first-order chi connectivity index (χ1) is 7.25. The van der Waals surface area contributed by atoms with Crippen molar-refractivity contribution < 1.29 is 4.90 Å². The molecule has 0 aliphatic carbocycles. The monoisotopic (exact) mass is 224 g/mol. The van der Waals surface area contributed by atoms with Gasteiger partial charge in [0.1, 0.15) is 0 Å². The Kier molecular flexibility index (Phi) is 3.38. The minimum atomic E-state index is 1.08. The van der Waals surface area contributed by atoms with Crippen molar-refractivity contribution in [2.24, 2.45) is 5.10 Å². The van der Waals surface area contributed by atoms with E-state index >= 15 is 0 Å². The van der Waals surface area contributed by atoms with Crippen molar-refractivity contribution in [2.45, 2.75) is 6.92 Å². The number of likely N-dealkylation sites (N-methyl/N-ethyl adjacent to an activating group) is 1. The number of nitrogens with one attached hydrogen (secondary N) is 1. The van der Waals surface area contributed by atoms with Crippen LogP contribution in [-0.2, 0) is 0 Å². The Morgan fingerprint density at radius 3 is 2.80 bits per heavy atom. The molecule has 0 amide bonds. The Labute approximate surface area is 95.0 Å². The highest BCUT2D eigenvalue weighted by molar-refractivity contribution is 7.11. The van der Waals surface area contributed by atoms with Crippen LogP contribution in [0.25, 0.3) is 0 Å². The number of hydrogen-bond acceptors (Lipinski definition) is 3. The van der Waals surface area contributed by atoms with Crippen LogP contribution in [0.3, 0.4) is 0 Å². The molecule has 4 heteroatoms. The van der Waals surface area contributed by atoms with Crippen molar-refractivity contribution >= 4 is 17.6 Å². The van der Waals surface area contributed by atoms with Crippen LogP contribution >= 0.6 is 11.3 Å². The van der Waals surface area contributed by atoms with E-state index in [2.05, 4.69) is 35.5 Å². The maximum Gasteiger partial charge on any atom is 0.0964 e. The van der Waals surface area contributed by atoms with Gasteiger partial charge < -0.3 is 4.90 Å². The van der Waals surface area contributed by atoms with Crippen LogP contribution in [-0.4, -0.2) is 44.5 Å². The second-order valence-corrected chi connectivity index (χ2v) is 5.07. The van der Waals surface area contributed by atoms with E-state index in [1.807, 2.05) is 6.21 Å². The predicted molar refractivity (Wildman–Crippen MR) is 64.8 cm³/mol. The van der Waals surface area contributed by atoms with E-state index in [1.165, 1.54) is 23.5 Å². The van der Waals surface area contributed by atoms with Gasteiger partial charge in [-0.3, -0.25) is 5.01 Å². The molecule has 0 radical (unpaired) electrons. The fourth-order valence-corrected chi connectivity index (χ4v) is 2.42. The highest BCUT2D eigenvalue weighted by Crippen LogP contribution is 2.12. The van der Waals surface area contributed by atoms with Gasteiger partial charge in [0.2, 0.25) is 0 Å². The van der Waals surface area contributed by atoms with Crippen LogP contribution in [0.5, 0.6) is 0 Å². The lowest BCUT2D eigenvalue weighted by atomic mass is 10.3. The van der Waals surface area contributed by atoms with E-state index in [1.54, 1.807) is 16.2 Å². The minimum Gasteiger partial charge on any atom is -0.334 e. The lowest BCUT2D eigenvalue weighted by Gasteiger charge is -2.27. The van der Waals surface area contributed by atoms with Crippen LogP contribution < -0.4 is 4.90 Å². The minimum absolute atomic E-state index is 1.08. The second kappa shape index (κ2) is 4.77. The Morgan fingerprint density at radius 2 is 2.20 bits per heavy atom. The van der Waals surface area contributed by atoms with E-state index in [4.69, 9.17) is 0 Å². The first kappa shape index (κ1) is 10.6. The van der Waals surface area contributed by atoms with Crippen molar-refractivity contribution in [2.75, 3.05) is 33.2 Å². The first-order valence-electron chi connectivity index (χ1n) is 5.40. The summed E-state index contributed by atoms with van der Waals surface area (Å²) in [6, 6.07) is 2.14. The average Bonchev–Trinajstić information content (AvgIpc) is 2.63. The third-order valence-electron chi connectivity index (χ3n) is 2.83. The highest BCUT2D eigenvalue weighted by Gasteiger charge is 2.13. The van der Waals surface area contributed by atoms with Gasteiger partial charge in [0.25, 0.3) is 0 Å². The number of hydrazone groups is 1. The van der Waals surface area contributed by atoms with Gasteiger partial charge in [-0.2, -0.15) is 5.10 Å². The zero-order chi connectivity index (χ0) is 10.7. The standard InChI is InChI=1S/C11H17N3S/c1-10-3-8-15-11(10)9-12-14-6-4-13(2)5-7-14/h3,8-9H,4-7H2,1-2H3/p+1/b12-9-. The fraction of sp³-hybridized carbons (Fsp3) is 0.545. The van der Waals surface area contributed by atoms with Gasteiger partial charge in [-0.05, 0) is 23.9 Å². The molecule has 2 rings (SSSR count). The zero-order valence-corrected chi connectivity index (χ0v) is 10.2. The molecule has 1 aliphatic heterocycles. The molecule has 3 nitrogen and oxygen atoms in total. The highest BCUT2D eigenvalue weighted by atomic mass is 32.1. The number of quaternary nitrogens is 1. The molecule has 1 N–H and O–H groups in total. The third-order valence-corrected chi connectivity index (χ3v) is 3.79. The van der Waals surface area contributed by atoms with E-state index in [0.717, 1.165) is 13.1 Å². The van der Waals surface area contributed by atoms with Gasteiger partial charge in [0.05, 0.1) is 39.4 Å². The molecule has 0 bridgehead atoms. The molecular formula is C11H18N3S+. The molecule has 1 aromatic rings. The van der Waals surface area contributed by atoms with Gasteiger partial charge in [-0.15, -0.1) is 11.3 Å². The van der Waals surface area contributed by atoms with Gasteiger partial charge in [0.15, 0.2) is 0 Å². The summed E-state index contributed by atoms with van der Waals surface area (Å²) in [4.78, 5) is 2.88. The van der Waals surface area contributed by atoms with Gasteiger partial charge in [-0.25, -0.2) is 0 Å².